The predicted molar refractivity (Wildman–Crippen MR) is 98.6 cm³/mol. The predicted octanol–water partition coefficient (Wildman–Crippen LogP) is 4.87. The first-order chi connectivity index (χ1) is 11.9. The summed E-state index contributed by atoms with van der Waals surface area (Å²) in [5.41, 5.74) is 4.02. The summed E-state index contributed by atoms with van der Waals surface area (Å²) in [7, 11) is 1.58. The fourth-order valence-electron chi connectivity index (χ4n) is 2.59. The first-order valence-corrected chi connectivity index (χ1v) is 8.21. The van der Waals surface area contributed by atoms with Crippen LogP contribution in [-0.2, 0) is 4.79 Å². The van der Waals surface area contributed by atoms with E-state index in [-0.39, 0.29) is 10.9 Å². The van der Waals surface area contributed by atoms with Crippen molar-refractivity contribution in [1.29, 1.82) is 5.26 Å². The van der Waals surface area contributed by atoms with Gasteiger partial charge in [-0.1, -0.05) is 24.6 Å². The highest BCUT2D eigenvalue weighted by Crippen LogP contribution is 2.31. The van der Waals surface area contributed by atoms with E-state index < -0.39 is 5.82 Å². The molecule has 0 bridgehead atoms. The van der Waals surface area contributed by atoms with Gasteiger partial charge in [0.25, 0.3) is 0 Å². The van der Waals surface area contributed by atoms with Gasteiger partial charge in [0, 0.05) is 12.6 Å². The van der Waals surface area contributed by atoms with E-state index in [0.717, 1.165) is 16.7 Å². The molecule has 0 saturated heterocycles. The minimum absolute atomic E-state index is 0.0471. The van der Waals surface area contributed by atoms with Crippen molar-refractivity contribution in [2.24, 2.45) is 0 Å². The lowest BCUT2D eigenvalue weighted by Gasteiger charge is -2.12. The quantitative estimate of drug-likeness (QED) is 0.795. The molecule has 128 valence electrons. The van der Waals surface area contributed by atoms with Crippen LogP contribution in [0.15, 0.2) is 35.9 Å². The topological polar surface area (TPSA) is 52.9 Å². The number of carbonyl (C=O) groups is 1. The second-order valence-electron chi connectivity index (χ2n) is 5.58. The second-order valence-corrected chi connectivity index (χ2v) is 5.99. The third kappa shape index (κ3) is 4.07. The Kier molecular flexibility index (Phi) is 5.95. The van der Waals surface area contributed by atoms with E-state index in [1.165, 1.54) is 12.1 Å². The number of likely N-dealkylation sites (N-methyl/N-ethyl adjacent to an activating group) is 1. The molecule has 2 aromatic carbocycles. The van der Waals surface area contributed by atoms with Gasteiger partial charge in [0.2, 0.25) is 5.91 Å². The first kappa shape index (κ1) is 18.7. The monoisotopic (exact) mass is 356 g/mol. The number of hydrogen-bond donors (Lipinski definition) is 1. The molecule has 0 saturated carbocycles. The molecule has 2 rings (SSSR count). The van der Waals surface area contributed by atoms with E-state index in [2.05, 4.69) is 11.4 Å². The van der Waals surface area contributed by atoms with Crippen LogP contribution in [0.3, 0.4) is 0 Å². The SMILES string of the molecule is CC/C(=C\c1cc(C#N)cc(-c2ccc(Cl)c(F)c2)c1C)C(=O)NC. The molecule has 0 aliphatic rings. The van der Waals surface area contributed by atoms with Crippen molar-refractivity contribution in [2.45, 2.75) is 20.3 Å². The van der Waals surface area contributed by atoms with Gasteiger partial charge in [0.05, 0.1) is 16.7 Å². The number of hydrogen-bond acceptors (Lipinski definition) is 2. The molecule has 0 spiro atoms. The third-order valence-corrected chi connectivity index (χ3v) is 4.34. The highest BCUT2D eigenvalue weighted by Gasteiger charge is 2.12. The summed E-state index contributed by atoms with van der Waals surface area (Å²) in [5.74, 6) is -0.680. The lowest BCUT2D eigenvalue weighted by atomic mass is 9.92. The van der Waals surface area contributed by atoms with E-state index >= 15 is 0 Å². The number of nitrogens with zero attached hydrogens (tertiary/aromatic N) is 1. The Morgan fingerprint density at radius 3 is 2.64 bits per heavy atom. The van der Waals surface area contributed by atoms with Crippen molar-refractivity contribution >= 4 is 23.6 Å². The molecular formula is C20H18ClFN2O. The summed E-state index contributed by atoms with van der Waals surface area (Å²) in [6, 6.07) is 10.1. The molecule has 0 unspecified atom stereocenters. The average Bonchev–Trinajstić information content (AvgIpc) is 2.62. The summed E-state index contributed by atoms with van der Waals surface area (Å²) in [6.07, 6.45) is 2.32. The Morgan fingerprint density at radius 2 is 2.08 bits per heavy atom. The maximum absolute atomic E-state index is 13.8. The molecule has 0 fully saturated rings. The summed E-state index contributed by atoms with van der Waals surface area (Å²) < 4.78 is 13.8. The van der Waals surface area contributed by atoms with E-state index in [0.29, 0.717) is 23.1 Å². The van der Waals surface area contributed by atoms with Crippen LogP contribution < -0.4 is 5.32 Å². The van der Waals surface area contributed by atoms with Gasteiger partial charge in [-0.25, -0.2) is 4.39 Å². The molecule has 0 aromatic heterocycles. The number of halogens is 2. The Labute approximate surface area is 151 Å². The smallest absolute Gasteiger partial charge is 0.246 e. The van der Waals surface area contributed by atoms with E-state index in [1.54, 1.807) is 31.3 Å². The molecule has 0 atom stereocenters. The Hall–Kier alpha value is -2.64. The van der Waals surface area contributed by atoms with Gasteiger partial charge >= 0.3 is 0 Å². The van der Waals surface area contributed by atoms with Crippen molar-refractivity contribution in [3.8, 4) is 17.2 Å². The lowest BCUT2D eigenvalue weighted by molar-refractivity contribution is -0.117. The molecule has 0 radical (unpaired) electrons. The third-order valence-electron chi connectivity index (χ3n) is 4.04. The molecule has 1 N–H and O–H groups in total. The van der Waals surface area contributed by atoms with Gasteiger partial charge in [-0.05, 0) is 65.9 Å². The highest BCUT2D eigenvalue weighted by molar-refractivity contribution is 6.30. The van der Waals surface area contributed by atoms with Gasteiger partial charge in [0.1, 0.15) is 5.82 Å². The Balaban J connectivity index is 2.67. The maximum Gasteiger partial charge on any atom is 0.246 e. The number of rotatable bonds is 4. The largest absolute Gasteiger partial charge is 0.355 e. The zero-order valence-corrected chi connectivity index (χ0v) is 15.0. The minimum Gasteiger partial charge on any atom is -0.355 e. The van der Waals surface area contributed by atoms with Gasteiger partial charge < -0.3 is 5.32 Å². The van der Waals surface area contributed by atoms with Crippen LogP contribution in [0, 0.1) is 24.1 Å². The number of carbonyl (C=O) groups excluding carboxylic acids is 1. The number of nitrogens with one attached hydrogen (secondary N) is 1. The second kappa shape index (κ2) is 7.96. The van der Waals surface area contributed by atoms with Crippen molar-refractivity contribution in [3.05, 3.63) is 63.4 Å². The number of amides is 1. The van der Waals surface area contributed by atoms with Crippen LogP contribution in [0.1, 0.15) is 30.0 Å². The highest BCUT2D eigenvalue weighted by atomic mass is 35.5. The van der Waals surface area contributed by atoms with Crippen LogP contribution in [0.25, 0.3) is 17.2 Å². The van der Waals surface area contributed by atoms with Crippen molar-refractivity contribution in [1.82, 2.24) is 5.32 Å². The van der Waals surface area contributed by atoms with Crippen LogP contribution in [-0.4, -0.2) is 13.0 Å². The summed E-state index contributed by atoms with van der Waals surface area (Å²) >= 11 is 5.75. The molecular weight excluding hydrogens is 339 g/mol. The molecule has 25 heavy (non-hydrogen) atoms. The van der Waals surface area contributed by atoms with Gasteiger partial charge in [0.15, 0.2) is 0 Å². The first-order valence-electron chi connectivity index (χ1n) is 7.84. The van der Waals surface area contributed by atoms with Gasteiger partial charge in [-0.3, -0.25) is 4.79 Å². The summed E-state index contributed by atoms with van der Waals surface area (Å²) in [6.45, 7) is 3.77. The lowest BCUT2D eigenvalue weighted by Crippen LogP contribution is -2.19. The standard InChI is InChI=1S/C20H18ClFN2O/c1-4-14(20(25)24-3)9-16-7-13(11-23)8-17(12(16)2)15-5-6-18(21)19(22)10-15/h5-10H,4H2,1-3H3,(H,24,25)/b14-9+. The Morgan fingerprint density at radius 1 is 1.36 bits per heavy atom. The average molecular weight is 357 g/mol. The minimum atomic E-state index is -0.516. The van der Waals surface area contributed by atoms with E-state index in [4.69, 9.17) is 11.6 Å². The molecule has 0 aliphatic carbocycles. The molecule has 5 heteroatoms. The fraction of sp³-hybridized carbons (Fsp3) is 0.200. The zero-order chi connectivity index (χ0) is 18.6. The van der Waals surface area contributed by atoms with Crippen molar-refractivity contribution < 1.29 is 9.18 Å². The van der Waals surface area contributed by atoms with E-state index in [9.17, 15) is 14.4 Å². The molecule has 1 amide bonds. The Bertz CT molecular complexity index is 897. The number of nitriles is 1. The zero-order valence-electron chi connectivity index (χ0n) is 14.3. The molecule has 3 nitrogen and oxygen atoms in total. The molecule has 2 aromatic rings. The molecule has 0 aliphatic heterocycles. The fourth-order valence-corrected chi connectivity index (χ4v) is 2.71. The van der Waals surface area contributed by atoms with Crippen molar-refractivity contribution in [3.63, 3.8) is 0 Å². The maximum atomic E-state index is 13.8. The summed E-state index contributed by atoms with van der Waals surface area (Å²) in [5, 5.41) is 12.0. The van der Waals surface area contributed by atoms with Crippen LogP contribution >= 0.6 is 11.6 Å². The van der Waals surface area contributed by atoms with Crippen LogP contribution in [0.2, 0.25) is 5.02 Å². The van der Waals surface area contributed by atoms with Crippen LogP contribution in [0.4, 0.5) is 4.39 Å². The summed E-state index contributed by atoms with van der Waals surface area (Å²) in [4.78, 5) is 11.9. The normalized spacial score (nSPS) is 11.1. The van der Waals surface area contributed by atoms with Gasteiger partial charge in [-0.2, -0.15) is 5.26 Å². The van der Waals surface area contributed by atoms with Gasteiger partial charge in [-0.15, -0.1) is 0 Å². The molecule has 0 heterocycles. The van der Waals surface area contributed by atoms with E-state index in [1.807, 2.05) is 13.8 Å². The van der Waals surface area contributed by atoms with Crippen LogP contribution in [0.5, 0.6) is 0 Å². The number of benzene rings is 2. The van der Waals surface area contributed by atoms with Crippen molar-refractivity contribution in [2.75, 3.05) is 7.05 Å².